The van der Waals surface area contributed by atoms with Gasteiger partial charge in [0.2, 0.25) is 0 Å². The SMILES string of the molecule is C=C(/C=C\C)[C@H]1CN([C@@H](C(=O)O)C2CCCCC2)C[C@@H]1CN1CCC(c2cc(Cc3ccc(O)cc3)nn2CC)CC1. The Morgan fingerprint density at radius 3 is 2.45 bits per heavy atom. The zero-order valence-corrected chi connectivity index (χ0v) is 25.6. The minimum atomic E-state index is -0.643. The average Bonchev–Trinajstić information content (AvgIpc) is 3.59. The van der Waals surface area contributed by atoms with Crippen molar-refractivity contribution in [2.45, 2.75) is 83.7 Å². The van der Waals surface area contributed by atoms with Gasteiger partial charge in [-0.05, 0) is 88.2 Å². The lowest BCUT2D eigenvalue weighted by atomic mass is 9.83. The lowest BCUT2D eigenvalue weighted by Crippen LogP contribution is -2.46. The molecule has 0 spiro atoms. The Morgan fingerprint density at radius 1 is 1.10 bits per heavy atom. The average molecular weight is 575 g/mol. The van der Waals surface area contributed by atoms with Gasteiger partial charge in [-0.2, -0.15) is 5.10 Å². The van der Waals surface area contributed by atoms with Crippen molar-refractivity contribution in [1.82, 2.24) is 19.6 Å². The molecule has 5 rings (SSSR count). The van der Waals surface area contributed by atoms with Crippen molar-refractivity contribution in [3.63, 3.8) is 0 Å². The van der Waals surface area contributed by atoms with Crippen LogP contribution in [0, 0.1) is 17.8 Å². The van der Waals surface area contributed by atoms with Crippen LogP contribution in [0.5, 0.6) is 5.75 Å². The molecule has 1 saturated carbocycles. The van der Waals surface area contributed by atoms with Crippen LogP contribution >= 0.6 is 0 Å². The van der Waals surface area contributed by atoms with E-state index in [1.54, 1.807) is 12.1 Å². The molecule has 1 aromatic heterocycles. The molecule has 2 aliphatic heterocycles. The summed E-state index contributed by atoms with van der Waals surface area (Å²) in [6.07, 6.45) is 12.8. The highest BCUT2D eigenvalue weighted by atomic mass is 16.4. The van der Waals surface area contributed by atoms with Crippen LogP contribution in [-0.4, -0.2) is 74.5 Å². The van der Waals surface area contributed by atoms with Crippen LogP contribution in [0.2, 0.25) is 0 Å². The molecule has 1 aromatic carbocycles. The molecule has 3 aliphatic rings. The minimum absolute atomic E-state index is 0.267. The van der Waals surface area contributed by atoms with Crippen molar-refractivity contribution < 1.29 is 15.0 Å². The Labute approximate surface area is 251 Å². The molecule has 3 fully saturated rings. The first-order valence-corrected chi connectivity index (χ1v) is 16.2. The van der Waals surface area contributed by atoms with Gasteiger partial charge in [0, 0.05) is 50.1 Å². The van der Waals surface area contributed by atoms with Crippen LogP contribution < -0.4 is 0 Å². The molecule has 42 heavy (non-hydrogen) atoms. The number of benzene rings is 1. The van der Waals surface area contributed by atoms with Crippen LogP contribution in [0.1, 0.15) is 81.7 Å². The number of allylic oxidation sites excluding steroid dienone is 2. The number of hydrogen-bond acceptors (Lipinski definition) is 5. The number of carboxylic acids is 1. The topological polar surface area (TPSA) is 81.8 Å². The number of aryl methyl sites for hydroxylation is 1. The molecule has 7 nitrogen and oxygen atoms in total. The Hall–Kier alpha value is -2.90. The van der Waals surface area contributed by atoms with Gasteiger partial charge in [-0.3, -0.25) is 14.4 Å². The predicted octanol–water partition coefficient (Wildman–Crippen LogP) is 6.09. The van der Waals surface area contributed by atoms with Crippen LogP contribution in [0.25, 0.3) is 0 Å². The van der Waals surface area contributed by atoms with Gasteiger partial charge in [0.25, 0.3) is 0 Å². The Bertz CT molecular complexity index is 1220. The summed E-state index contributed by atoms with van der Waals surface area (Å²) in [6.45, 7) is 14.2. The first-order chi connectivity index (χ1) is 20.4. The van der Waals surface area contributed by atoms with Crippen molar-refractivity contribution in [2.75, 3.05) is 32.7 Å². The van der Waals surface area contributed by atoms with E-state index in [0.717, 1.165) is 101 Å². The molecule has 1 aliphatic carbocycles. The molecule has 3 atom stereocenters. The Balaban J connectivity index is 1.22. The number of hydrogen-bond donors (Lipinski definition) is 2. The first-order valence-electron chi connectivity index (χ1n) is 16.2. The van der Waals surface area contributed by atoms with E-state index in [0.29, 0.717) is 23.5 Å². The van der Waals surface area contributed by atoms with Crippen LogP contribution in [-0.2, 0) is 17.8 Å². The molecule has 2 N–H and O–H groups in total. The Kier molecular flexibility index (Phi) is 10.2. The van der Waals surface area contributed by atoms with Gasteiger partial charge >= 0.3 is 5.97 Å². The molecule has 7 heteroatoms. The summed E-state index contributed by atoms with van der Waals surface area (Å²) in [7, 11) is 0. The second-order valence-electron chi connectivity index (χ2n) is 12.9. The maximum Gasteiger partial charge on any atom is 0.321 e. The molecule has 2 aromatic rings. The van der Waals surface area contributed by atoms with Gasteiger partial charge in [0.15, 0.2) is 0 Å². The Morgan fingerprint density at radius 2 is 1.81 bits per heavy atom. The van der Waals surface area contributed by atoms with Crippen LogP contribution in [0.15, 0.2) is 54.6 Å². The summed E-state index contributed by atoms with van der Waals surface area (Å²) in [5, 5.41) is 24.8. The summed E-state index contributed by atoms with van der Waals surface area (Å²) >= 11 is 0. The van der Waals surface area contributed by atoms with Gasteiger partial charge in [-0.15, -0.1) is 0 Å². The number of phenols is 1. The second-order valence-corrected chi connectivity index (χ2v) is 12.9. The molecule has 0 amide bonds. The predicted molar refractivity (Wildman–Crippen MR) is 168 cm³/mol. The number of nitrogens with zero attached hydrogens (tertiary/aromatic N) is 4. The van der Waals surface area contributed by atoms with Crippen molar-refractivity contribution in [1.29, 1.82) is 0 Å². The lowest BCUT2D eigenvalue weighted by molar-refractivity contribution is -0.145. The lowest BCUT2D eigenvalue weighted by Gasteiger charge is -2.35. The maximum atomic E-state index is 12.5. The fourth-order valence-corrected chi connectivity index (χ4v) is 7.90. The number of likely N-dealkylation sites (tertiary alicyclic amines) is 2. The number of carboxylic acid groups (broad SMARTS) is 1. The summed E-state index contributed by atoms with van der Waals surface area (Å²) in [5.41, 5.74) is 4.72. The number of rotatable bonds is 11. The highest BCUT2D eigenvalue weighted by molar-refractivity contribution is 5.74. The number of carbonyl (C=O) groups is 1. The normalized spacial score (nSPS) is 24.0. The van der Waals surface area contributed by atoms with Gasteiger partial charge < -0.3 is 15.1 Å². The first kappa shape index (κ1) is 30.6. The van der Waals surface area contributed by atoms with E-state index in [-0.39, 0.29) is 12.0 Å². The third-order valence-electron chi connectivity index (χ3n) is 10.1. The molecule has 3 heterocycles. The van der Waals surface area contributed by atoms with Crippen molar-refractivity contribution in [2.24, 2.45) is 17.8 Å². The van der Waals surface area contributed by atoms with Gasteiger partial charge in [-0.25, -0.2) is 0 Å². The standard InChI is InChI=1S/C35H50N4O3/c1-4-9-25(3)32-24-38(34(35(41)42)28-10-7-6-8-11-28)23-29(32)22-37-18-16-27(17-19-37)33-21-30(36-39(33)5-2)20-26-12-14-31(40)15-13-26/h4,9,12-15,21,27-29,32,34,40H,3,5-8,10-11,16-20,22-24H2,1-2H3,(H,41,42)/b9-4-/t29-,32+,34+/m0/s1. The van der Waals surface area contributed by atoms with E-state index in [1.165, 1.54) is 12.1 Å². The monoisotopic (exact) mass is 574 g/mol. The number of piperidine rings is 1. The van der Waals surface area contributed by atoms with E-state index in [2.05, 4.69) is 46.2 Å². The third-order valence-corrected chi connectivity index (χ3v) is 10.1. The molecule has 0 bridgehead atoms. The summed E-state index contributed by atoms with van der Waals surface area (Å²) in [6, 6.07) is 9.33. The number of aliphatic carboxylic acids is 1. The number of aromatic nitrogens is 2. The van der Waals surface area contributed by atoms with Crippen molar-refractivity contribution in [3.8, 4) is 5.75 Å². The molecular formula is C35H50N4O3. The molecule has 0 unspecified atom stereocenters. The van der Waals surface area contributed by atoms with E-state index < -0.39 is 5.97 Å². The largest absolute Gasteiger partial charge is 0.508 e. The summed E-state index contributed by atoms with van der Waals surface area (Å²) < 4.78 is 2.18. The van der Waals surface area contributed by atoms with Crippen molar-refractivity contribution in [3.05, 3.63) is 71.6 Å². The quantitative estimate of drug-likeness (QED) is 0.316. The third kappa shape index (κ3) is 7.17. The number of phenolic OH excluding ortho intramolecular Hbond substituents is 1. The summed E-state index contributed by atoms with van der Waals surface area (Å²) in [4.78, 5) is 17.4. The second kappa shape index (κ2) is 14.0. The zero-order chi connectivity index (χ0) is 29.6. The smallest absolute Gasteiger partial charge is 0.321 e. The fourth-order valence-electron chi connectivity index (χ4n) is 7.90. The number of aromatic hydroxyl groups is 1. The van der Waals surface area contributed by atoms with Crippen LogP contribution in [0.4, 0.5) is 0 Å². The molecule has 2 saturated heterocycles. The van der Waals surface area contributed by atoms with E-state index in [9.17, 15) is 15.0 Å². The van der Waals surface area contributed by atoms with E-state index >= 15 is 0 Å². The molecular weight excluding hydrogens is 524 g/mol. The molecule has 0 radical (unpaired) electrons. The van der Waals surface area contributed by atoms with Gasteiger partial charge in [0.05, 0.1) is 5.69 Å². The van der Waals surface area contributed by atoms with Gasteiger partial charge in [-0.1, -0.05) is 55.7 Å². The van der Waals surface area contributed by atoms with Crippen LogP contribution in [0.3, 0.4) is 0 Å². The summed E-state index contributed by atoms with van der Waals surface area (Å²) in [5.74, 6) is 1.11. The minimum Gasteiger partial charge on any atom is -0.508 e. The molecule has 228 valence electrons. The van der Waals surface area contributed by atoms with E-state index in [4.69, 9.17) is 5.10 Å². The van der Waals surface area contributed by atoms with Crippen molar-refractivity contribution >= 4 is 5.97 Å². The fraction of sp³-hybridized carbons (Fsp3) is 0.600. The highest BCUT2D eigenvalue weighted by Gasteiger charge is 2.43. The zero-order valence-electron chi connectivity index (χ0n) is 25.6. The maximum absolute atomic E-state index is 12.5. The van der Waals surface area contributed by atoms with E-state index in [1.807, 2.05) is 19.1 Å². The van der Waals surface area contributed by atoms with Gasteiger partial charge in [0.1, 0.15) is 11.8 Å². The highest BCUT2D eigenvalue weighted by Crippen LogP contribution is 2.38.